The van der Waals surface area contributed by atoms with Gasteiger partial charge in [0, 0.05) is 17.8 Å². The van der Waals surface area contributed by atoms with Crippen molar-refractivity contribution < 1.29 is 14.4 Å². The van der Waals surface area contributed by atoms with Crippen LogP contribution in [0.5, 0.6) is 0 Å². The van der Waals surface area contributed by atoms with E-state index in [4.69, 9.17) is 28.9 Å². The topological polar surface area (TPSA) is 98.3 Å². The molecule has 9 heteroatoms. The number of fused-ring (bicyclic) bond motifs is 2. The highest BCUT2D eigenvalue weighted by molar-refractivity contribution is 6.50. The SMILES string of the molecule is NC(=O)c1nn(CC(=O)N2[C@@H]3C[C@@H]3C[C@H]2C(=O)CC[C@H]2CC2(Cl)Cl)c2ccccc12. The number of nitrogens with zero attached hydrogens (tertiary/aromatic N) is 3. The number of Topliss-reactive ketones (excluding diaryl/α,β-unsaturated/α-hetero) is 1. The summed E-state index contributed by atoms with van der Waals surface area (Å²) in [5.41, 5.74) is 6.26. The van der Waals surface area contributed by atoms with E-state index < -0.39 is 16.3 Å². The van der Waals surface area contributed by atoms with Gasteiger partial charge in [-0.05, 0) is 43.6 Å². The Balaban J connectivity index is 1.32. The van der Waals surface area contributed by atoms with E-state index in [0.717, 1.165) is 19.3 Å². The van der Waals surface area contributed by atoms with Crippen molar-refractivity contribution in [2.75, 3.05) is 0 Å². The third-order valence-electron chi connectivity index (χ3n) is 6.64. The molecule has 2 saturated carbocycles. The van der Waals surface area contributed by atoms with Gasteiger partial charge in [0.2, 0.25) is 5.91 Å². The number of carbonyl (C=O) groups excluding carboxylic acids is 3. The lowest BCUT2D eigenvalue weighted by Crippen LogP contribution is -2.44. The number of alkyl halides is 2. The summed E-state index contributed by atoms with van der Waals surface area (Å²) >= 11 is 12.1. The molecule has 0 unspecified atom stereocenters. The monoisotopic (exact) mass is 448 g/mol. The van der Waals surface area contributed by atoms with Gasteiger partial charge < -0.3 is 10.6 Å². The molecule has 2 amide bonds. The lowest BCUT2D eigenvalue weighted by molar-refractivity contribution is -0.139. The summed E-state index contributed by atoms with van der Waals surface area (Å²) in [6.45, 7) is -0.0319. The summed E-state index contributed by atoms with van der Waals surface area (Å²) in [5.74, 6) is -0.150. The van der Waals surface area contributed by atoms with E-state index in [1.165, 1.54) is 4.68 Å². The molecule has 7 nitrogen and oxygen atoms in total. The molecule has 2 aromatic rings. The maximum Gasteiger partial charge on any atom is 0.269 e. The van der Waals surface area contributed by atoms with Gasteiger partial charge in [-0.1, -0.05) is 18.2 Å². The Morgan fingerprint density at radius 2 is 1.93 bits per heavy atom. The van der Waals surface area contributed by atoms with Gasteiger partial charge in [0.1, 0.15) is 10.9 Å². The van der Waals surface area contributed by atoms with Crippen LogP contribution in [0.4, 0.5) is 0 Å². The Bertz CT molecular complexity index is 1070. The number of ketones is 1. The van der Waals surface area contributed by atoms with E-state index in [1.807, 2.05) is 6.07 Å². The van der Waals surface area contributed by atoms with Crippen LogP contribution in [-0.4, -0.2) is 48.7 Å². The van der Waals surface area contributed by atoms with Crippen LogP contribution in [0.25, 0.3) is 10.9 Å². The van der Waals surface area contributed by atoms with E-state index in [9.17, 15) is 14.4 Å². The molecule has 1 aromatic heterocycles. The van der Waals surface area contributed by atoms with Crippen molar-refractivity contribution in [3.63, 3.8) is 0 Å². The van der Waals surface area contributed by atoms with Crippen LogP contribution in [0, 0.1) is 11.8 Å². The second-order valence-corrected chi connectivity index (χ2v) is 10.2. The number of carbonyl (C=O) groups is 3. The maximum atomic E-state index is 13.2. The molecule has 1 aliphatic heterocycles. The van der Waals surface area contributed by atoms with E-state index in [2.05, 4.69) is 5.10 Å². The zero-order valence-electron chi connectivity index (χ0n) is 16.3. The Morgan fingerprint density at radius 1 is 1.20 bits per heavy atom. The number of hydrogen-bond donors (Lipinski definition) is 1. The number of benzene rings is 1. The number of hydrogen-bond acceptors (Lipinski definition) is 4. The van der Waals surface area contributed by atoms with Crippen LogP contribution in [0.15, 0.2) is 24.3 Å². The first-order chi connectivity index (χ1) is 14.3. The van der Waals surface area contributed by atoms with Crippen molar-refractivity contribution in [3.05, 3.63) is 30.0 Å². The van der Waals surface area contributed by atoms with Crippen LogP contribution >= 0.6 is 23.2 Å². The number of halogens is 2. The number of piperidine rings is 1. The van der Waals surface area contributed by atoms with Gasteiger partial charge in [-0.3, -0.25) is 19.1 Å². The van der Waals surface area contributed by atoms with Crippen molar-refractivity contribution in [2.24, 2.45) is 17.6 Å². The fraction of sp³-hybridized carbons (Fsp3) is 0.524. The van der Waals surface area contributed by atoms with Crippen LogP contribution in [0.2, 0.25) is 0 Å². The fourth-order valence-electron chi connectivity index (χ4n) is 4.81. The predicted molar refractivity (Wildman–Crippen MR) is 112 cm³/mol. The van der Waals surface area contributed by atoms with E-state index in [-0.39, 0.29) is 35.9 Å². The molecule has 158 valence electrons. The van der Waals surface area contributed by atoms with Crippen molar-refractivity contribution >= 4 is 51.7 Å². The van der Waals surface area contributed by atoms with Crippen molar-refractivity contribution in [3.8, 4) is 0 Å². The first kappa shape index (κ1) is 19.8. The molecule has 0 radical (unpaired) electrons. The quantitative estimate of drug-likeness (QED) is 0.658. The van der Waals surface area contributed by atoms with Gasteiger partial charge in [0.15, 0.2) is 11.5 Å². The Labute approximate surface area is 183 Å². The number of para-hydroxylation sites is 1. The fourth-order valence-corrected chi connectivity index (χ4v) is 5.40. The second-order valence-electron chi connectivity index (χ2n) is 8.67. The molecule has 5 rings (SSSR count). The van der Waals surface area contributed by atoms with Crippen molar-refractivity contribution in [1.29, 1.82) is 0 Å². The summed E-state index contributed by atoms with van der Waals surface area (Å²) in [7, 11) is 0. The third kappa shape index (κ3) is 3.38. The summed E-state index contributed by atoms with van der Waals surface area (Å²) in [5, 5.41) is 4.89. The average molecular weight is 449 g/mol. The smallest absolute Gasteiger partial charge is 0.269 e. The van der Waals surface area contributed by atoms with Gasteiger partial charge in [-0.25, -0.2) is 0 Å². The van der Waals surface area contributed by atoms with Crippen LogP contribution in [0.1, 0.15) is 42.6 Å². The highest BCUT2D eigenvalue weighted by atomic mass is 35.5. The number of rotatable bonds is 7. The lowest BCUT2D eigenvalue weighted by Gasteiger charge is -2.27. The Kier molecular flexibility index (Phi) is 4.59. The normalized spacial score (nSPS) is 28.4. The van der Waals surface area contributed by atoms with E-state index in [0.29, 0.717) is 29.7 Å². The highest BCUT2D eigenvalue weighted by Crippen LogP contribution is 2.55. The highest BCUT2D eigenvalue weighted by Gasteiger charge is 2.56. The van der Waals surface area contributed by atoms with E-state index >= 15 is 0 Å². The van der Waals surface area contributed by atoms with Crippen molar-refractivity contribution in [1.82, 2.24) is 14.7 Å². The Hall–Kier alpha value is -2.12. The molecule has 2 aliphatic carbocycles. The molecule has 1 aromatic carbocycles. The van der Waals surface area contributed by atoms with Crippen LogP contribution in [0.3, 0.4) is 0 Å². The molecule has 2 N–H and O–H groups in total. The third-order valence-corrected chi connectivity index (χ3v) is 7.56. The molecule has 2 heterocycles. The number of aromatic nitrogens is 2. The van der Waals surface area contributed by atoms with Crippen molar-refractivity contribution in [2.45, 2.75) is 55.1 Å². The molecule has 30 heavy (non-hydrogen) atoms. The number of primary amides is 1. The minimum absolute atomic E-state index is 0.0319. The number of likely N-dealkylation sites (tertiary alicyclic amines) is 1. The van der Waals surface area contributed by atoms with Gasteiger partial charge in [-0.2, -0.15) is 5.10 Å². The summed E-state index contributed by atoms with van der Waals surface area (Å²) < 4.78 is 0.821. The van der Waals surface area contributed by atoms with Crippen LogP contribution < -0.4 is 5.73 Å². The first-order valence-electron chi connectivity index (χ1n) is 10.2. The summed E-state index contributed by atoms with van der Waals surface area (Å²) in [6.07, 6.45) is 3.43. The second kappa shape index (κ2) is 6.95. The Morgan fingerprint density at radius 3 is 2.63 bits per heavy atom. The molecule has 0 bridgehead atoms. The molecular weight excluding hydrogens is 427 g/mol. The maximum absolute atomic E-state index is 13.2. The van der Waals surface area contributed by atoms with Gasteiger partial charge in [-0.15, -0.1) is 23.2 Å². The largest absolute Gasteiger partial charge is 0.364 e. The molecule has 1 saturated heterocycles. The molecule has 3 aliphatic rings. The minimum Gasteiger partial charge on any atom is -0.364 e. The number of nitrogens with two attached hydrogens (primary N) is 1. The van der Waals surface area contributed by atoms with Gasteiger partial charge in [0.05, 0.1) is 11.6 Å². The van der Waals surface area contributed by atoms with E-state index in [1.54, 1.807) is 23.1 Å². The number of amides is 2. The molecule has 4 atom stereocenters. The van der Waals surface area contributed by atoms with Gasteiger partial charge >= 0.3 is 0 Å². The average Bonchev–Trinajstić information content (AvgIpc) is 3.49. The standard InChI is InChI=1S/C21H22Cl2N4O3/c22-21(23)9-12(21)5-6-17(28)16-8-11-7-15(11)27(16)18(29)10-26-14-4-2-1-3-13(14)19(25-26)20(24)30/h1-4,11-12,15-16H,5-10H2,(H2,24,30)/t11-,12+,15-,16+/m1/s1. The predicted octanol–water partition coefficient (Wildman–Crippen LogP) is 2.67. The summed E-state index contributed by atoms with van der Waals surface area (Å²) in [6, 6.07) is 6.91. The first-order valence-corrected chi connectivity index (χ1v) is 11.0. The zero-order valence-corrected chi connectivity index (χ0v) is 17.8. The minimum atomic E-state index is -0.688. The lowest BCUT2D eigenvalue weighted by atomic mass is 10.0. The van der Waals surface area contributed by atoms with Gasteiger partial charge in [0.25, 0.3) is 5.91 Å². The summed E-state index contributed by atoms with van der Waals surface area (Å²) in [4.78, 5) is 39.5. The molecular formula is C21H22Cl2N4O3. The molecule has 3 fully saturated rings. The molecule has 0 spiro atoms. The van der Waals surface area contributed by atoms with Crippen LogP contribution in [-0.2, 0) is 16.1 Å². The zero-order chi connectivity index (χ0) is 21.2.